The Labute approximate surface area is 114 Å². The van der Waals surface area contributed by atoms with Crippen LogP contribution in [0.1, 0.15) is 50.9 Å². The summed E-state index contributed by atoms with van der Waals surface area (Å²) in [6.07, 6.45) is 4.80. The summed E-state index contributed by atoms with van der Waals surface area (Å²) in [7, 11) is 1.90. The summed E-state index contributed by atoms with van der Waals surface area (Å²) < 4.78 is 1.81. The molecular weight excluding hydrogens is 248 g/mol. The Bertz CT molecular complexity index is 453. The Balaban J connectivity index is 2.32. The van der Waals surface area contributed by atoms with Crippen LogP contribution in [0.15, 0.2) is 0 Å². The highest BCUT2D eigenvalue weighted by molar-refractivity contribution is 6.31. The Morgan fingerprint density at radius 2 is 1.94 bits per heavy atom. The minimum atomic E-state index is -0.672. The van der Waals surface area contributed by atoms with E-state index in [1.165, 1.54) is 6.42 Å². The molecule has 4 heteroatoms. The normalized spacial score (nSPS) is 27.4. The highest BCUT2D eigenvalue weighted by atomic mass is 35.5. The first-order valence-electron chi connectivity index (χ1n) is 6.67. The van der Waals surface area contributed by atoms with Gasteiger partial charge in [0.05, 0.1) is 22.0 Å². The molecule has 1 saturated carbocycles. The highest BCUT2D eigenvalue weighted by Crippen LogP contribution is 2.46. The molecule has 1 aromatic rings. The molecule has 1 N–H and O–H groups in total. The van der Waals surface area contributed by atoms with Gasteiger partial charge in [-0.15, -0.1) is 0 Å². The summed E-state index contributed by atoms with van der Waals surface area (Å²) in [5.41, 5.74) is 1.06. The highest BCUT2D eigenvalue weighted by Gasteiger charge is 2.45. The van der Waals surface area contributed by atoms with Crippen molar-refractivity contribution in [3.8, 4) is 0 Å². The van der Waals surface area contributed by atoms with E-state index in [-0.39, 0.29) is 5.41 Å². The van der Waals surface area contributed by atoms with Gasteiger partial charge in [0, 0.05) is 13.5 Å². The van der Waals surface area contributed by atoms with Crippen molar-refractivity contribution in [1.82, 2.24) is 9.78 Å². The van der Waals surface area contributed by atoms with Crippen LogP contribution in [0.5, 0.6) is 0 Å². The second kappa shape index (κ2) is 4.53. The van der Waals surface area contributed by atoms with Gasteiger partial charge >= 0.3 is 0 Å². The van der Waals surface area contributed by atoms with Crippen molar-refractivity contribution >= 4 is 11.6 Å². The van der Waals surface area contributed by atoms with Crippen molar-refractivity contribution in [2.75, 3.05) is 0 Å². The van der Waals surface area contributed by atoms with Gasteiger partial charge in [-0.1, -0.05) is 38.3 Å². The third-order valence-corrected chi connectivity index (χ3v) is 5.12. The summed E-state index contributed by atoms with van der Waals surface area (Å²) in [5.74, 6) is 0. The maximum Gasteiger partial charge on any atom is 0.0848 e. The van der Waals surface area contributed by atoms with E-state index in [4.69, 9.17) is 11.6 Å². The molecule has 1 atom stereocenters. The Morgan fingerprint density at radius 3 is 2.44 bits per heavy atom. The van der Waals surface area contributed by atoms with E-state index < -0.39 is 5.60 Å². The van der Waals surface area contributed by atoms with E-state index in [9.17, 15) is 5.11 Å². The summed E-state index contributed by atoms with van der Waals surface area (Å²) >= 11 is 6.29. The Hall–Kier alpha value is -0.540. The van der Waals surface area contributed by atoms with Crippen molar-refractivity contribution in [2.45, 2.75) is 58.5 Å². The molecule has 0 saturated heterocycles. The van der Waals surface area contributed by atoms with E-state index in [2.05, 4.69) is 18.9 Å². The van der Waals surface area contributed by atoms with Crippen molar-refractivity contribution in [2.24, 2.45) is 12.5 Å². The Morgan fingerprint density at radius 1 is 1.33 bits per heavy atom. The molecule has 1 fully saturated rings. The fourth-order valence-corrected chi connectivity index (χ4v) is 3.26. The molecule has 0 radical (unpaired) electrons. The lowest BCUT2D eigenvalue weighted by atomic mass is 9.63. The van der Waals surface area contributed by atoms with Crippen LogP contribution in [0.25, 0.3) is 0 Å². The second-order valence-corrected chi connectivity index (χ2v) is 6.65. The first-order chi connectivity index (χ1) is 8.27. The maximum absolute atomic E-state index is 11.0. The predicted molar refractivity (Wildman–Crippen MR) is 73.9 cm³/mol. The summed E-state index contributed by atoms with van der Waals surface area (Å²) in [5, 5.41) is 16.0. The molecule has 0 aromatic carbocycles. The van der Waals surface area contributed by atoms with E-state index in [1.807, 2.05) is 14.0 Å². The van der Waals surface area contributed by atoms with Gasteiger partial charge in [0.1, 0.15) is 0 Å². The number of aliphatic hydroxyl groups is 1. The van der Waals surface area contributed by atoms with E-state index in [0.29, 0.717) is 11.4 Å². The summed E-state index contributed by atoms with van der Waals surface area (Å²) in [6, 6.07) is 0. The molecule has 1 heterocycles. The molecule has 1 aliphatic rings. The number of aryl methyl sites for hydroxylation is 2. The average Bonchev–Trinajstić information content (AvgIpc) is 2.50. The minimum Gasteiger partial charge on any atom is -0.389 e. The third kappa shape index (κ3) is 2.19. The molecule has 1 aliphatic carbocycles. The zero-order valence-corrected chi connectivity index (χ0v) is 12.5. The fraction of sp³-hybridized carbons (Fsp3) is 0.786. The first-order valence-corrected chi connectivity index (χ1v) is 7.05. The molecule has 0 aliphatic heterocycles. The maximum atomic E-state index is 11.0. The number of hydrogen-bond donors (Lipinski definition) is 1. The fourth-order valence-electron chi connectivity index (χ4n) is 3.03. The van der Waals surface area contributed by atoms with Gasteiger partial charge < -0.3 is 5.11 Å². The Kier molecular flexibility index (Phi) is 3.50. The van der Waals surface area contributed by atoms with Gasteiger partial charge in [-0.3, -0.25) is 4.68 Å². The molecule has 0 spiro atoms. The SMILES string of the molecule is Cc1nn(C)c(CC2(O)CCCCC2(C)C)c1Cl. The lowest BCUT2D eigenvalue weighted by Gasteiger charge is -2.46. The topological polar surface area (TPSA) is 38.0 Å². The lowest BCUT2D eigenvalue weighted by Crippen LogP contribution is -2.49. The molecule has 2 rings (SSSR count). The van der Waals surface area contributed by atoms with Crippen molar-refractivity contribution in [1.29, 1.82) is 0 Å². The number of nitrogens with zero attached hydrogens (tertiary/aromatic N) is 2. The zero-order chi connectivity index (χ0) is 13.6. The van der Waals surface area contributed by atoms with Gasteiger partial charge in [-0.2, -0.15) is 5.10 Å². The molecule has 0 amide bonds. The molecule has 1 unspecified atom stereocenters. The largest absolute Gasteiger partial charge is 0.389 e. The minimum absolute atomic E-state index is 0.0627. The first kappa shape index (κ1) is 13.9. The second-order valence-electron chi connectivity index (χ2n) is 6.27. The van der Waals surface area contributed by atoms with E-state index in [0.717, 1.165) is 30.7 Å². The van der Waals surface area contributed by atoms with Crippen LogP contribution in [0, 0.1) is 12.3 Å². The standard InChI is InChI=1S/C14H23ClN2O/c1-10-12(15)11(17(4)16-10)9-14(18)8-6-5-7-13(14,2)3/h18H,5-9H2,1-4H3. The molecule has 1 aromatic heterocycles. The van der Waals surface area contributed by atoms with Crippen molar-refractivity contribution in [3.05, 3.63) is 16.4 Å². The van der Waals surface area contributed by atoms with Crippen LogP contribution in [0.2, 0.25) is 5.02 Å². The van der Waals surface area contributed by atoms with Crippen LogP contribution in [-0.2, 0) is 13.5 Å². The number of hydrogen-bond acceptors (Lipinski definition) is 2. The molecule has 3 nitrogen and oxygen atoms in total. The van der Waals surface area contributed by atoms with Gasteiger partial charge in [0.25, 0.3) is 0 Å². The van der Waals surface area contributed by atoms with Gasteiger partial charge in [-0.05, 0) is 25.2 Å². The molecular formula is C14H23ClN2O. The number of halogens is 1. The third-order valence-electron chi connectivity index (χ3n) is 4.62. The van der Waals surface area contributed by atoms with E-state index in [1.54, 1.807) is 4.68 Å². The van der Waals surface area contributed by atoms with Crippen LogP contribution in [-0.4, -0.2) is 20.5 Å². The summed E-state index contributed by atoms with van der Waals surface area (Å²) in [4.78, 5) is 0. The van der Waals surface area contributed by atoms with E-state index >= 15 is 0 Å². The molecule has 18 heavy (non-hydrogen) atoms. The van der Waals surface area contributed by atoms with Crippen molar-refractivity contribution in [3.63, 3.8) is 0 Å². The van der Waals surface area contributed by atoms with Crippen LogP contribution < -0.4 is 0 Å². The average molecular weight is 271 g/mol. The van der Waals surface area contributed by atoms with Gasteiger partial charge in [0.2, 0.25) is 0 Å². The molecule has 0 bridgehead atoms. The number of aromatic nitrogens is 2. The van der Waals surface area contributed by atoms with Crippen LogP contribution >= 0.6 is 11.6 Å². The number of rotatable bonds is 2. The lowest BCUT2D eigenvalue weighted by molar-refractivity contribution is -0.0968. The van der Waals surface area contributed by atoms with Gasteiger partial charge in [0.15, 0.2) is 0 Å². The van der Waals surface area contributed by atoms with Crippen LogP contribution in [0.3, 0.4) is 0 Å². The predicted octanol–water partition coefficient (Wildman–Crippen LogP) is 3.26. The van der Waals surface area contributed by atoms with Crippen LogP contribution in [0.4, 0.5) is 0 Å². The monoisotopic (exact) mass is 270 g/mol. The molecule has 102 valence electrons. The van der Waals surface area contributed by atoms with Gasteiger partial charge in [-0.25, -0.2) is 0 Å². The smallest absolute Gasteiger partial charge is 0.0848 e. The quantitative estimate of drug-likeness (QED) is 0.896. The zero-order valence-electron chi connectivity index (χ0n) is 11.8. The summed E-state index contributed by atoms with van der Waals surface area (Å²) in [6.45, 7) is 6.22. The van der Waals surface area contributed by atoms with Crippen molar-refractivity contribution < 1.29 is 5.11 Å².